The summed E-state index contributed by atoms with van der Waals surface area (Å²) in [6.07, 6.45) is -4.82. The average Bonchev–Trinajstić information content (AvgIpc) is 3.06. The molecule has 0 radical (unpaired) electrons. The first kappa shape index (κ1) is 36.4. The highest BCUT2D eigenvalue weighted by Crippen LogP contribution is 2.60. The Morgan fingerprint density at radius 3 is 1.06 bits per heavy atom. The first-order valence-electron chi connectivity index (χ1n) is 15.5. The van der Waals surface area contributed by atoms with Crippen LogP contribution in [-0.2, 0) is 41.5 Å². The molecule has 1 saturated carbocycles. The first-order valence-corrected chi connectivity index (χ1v) is 15.5. The lowest BCUT2D eigenvalue weighted by Crippen LogP contribution is -2.54. The lowest BCUT2D eigenvalue weighted by Gasteiger charge is -2.50. The highest BCUT2D eigenvalue weighted by atomic mass is 16.6. The maximum Gasteiger partial charge on any atom is 0.345 e. The van der Waals surface area contributed by atoms with Gasteiger partial charge in [0.15, 0.2) is 46.0 Å². The van der Waals surface area contributed by atoms with E-state index < -0.39 is 119 Å². The lowest BCUT2D eigenvalue weighted by molar-refractivity contribution is -0.184. The molecule has 0 aliphatic heterocycles. The van der Waals surface area contributed by atoms with E-state index in [0.29, 0.717) is 0 Å². The van der Waals surface area contributed by atoms with Crippen LogP contribution in [0.2, 0.25) is 0 Å². The SMILES string of the molecule is O=C(O[C@@H](Cc1ccc(O)c(O)c1)C(=O)O)[C@H]1[C@H](C(=O)O[C@H](Cc2ccc(O)c(O)c2)C(=O)O)[C@H](c2ccc(O)c(O)c2)[C@H]1c1ccc(O)c(O)c1. The Morgan fingerprint density at radius 2 is 0.769 bits per heavy atom. The minimum Gasteiger partial charge on any atom is -0.504 e. The van der Waals surface area contributed by atoms with E-state index >= 15 is 0 Å². The molecule has 10 N–H and O–H groups in total. The maximum atomic E-state index is 14.0. The van der Waals surface area contributed by atoms with E-state index in [-0.39, 0.29) is 22.3 Å². The number of carbonyl (C=O) groups excluding carboxylic acids is 2. The number of phenols is 8. The van der Waals surface area contributed by atoms with Gasteiger partial charge in [-0.25, -0.2) is 9.59 Å². The molecule has 5 rings (SSSR count). The molecule has 4 aromatic carbocycles. The van der Waals surface area contributed by atoms with Gasteiger partial charge in [-0.15, -0.1) is 0 Å². The number of benzene rings is 4. The van der Waals surface area contributed by atoms with Crippen LogP contribution in [0.1, 0.15) is 34.1 Å². The molecule has 16 nitrogen and oxygen atoms in total. The van der Waals surface area contributed by atoms with Crippen molar-refractivity contribution < 1.29 is 79.7 Å². The van der Waals surface area contributed by atoms with Crippen molar-refractivity contribution in [1.29, 1.82) is 0 Å². The second-order valence-electron chi connectivity index (χ2n) is 12.2. The molecule has 0 bridgehead atoms. The smallest absolute Gasteiger partial charge is 0.345 e. The third kappa shape index (κ3) is 7.50. The molecule has 272 valence electrons. The number of hydrogen-bond acceptors (Lipinski definition) is 14. The molecule has 0 aromatic heterocycles. The van der Waals surface area contributed by atoms with E-state index in [0.717, 1.165) is 48.5 Å². The Labute approximate surface area is 293 Å². The Morgan fingerprint density at radius 1 is 0.462 bits per heavy atom. The highest BCUT2D eigenvalue weighted by molar-refractivity contribution is 5.90. The van der Waals surface area contributed by atoms with Gasteiger partial charge >= 0.3 is 23.9 Å². The highest BCUT2D eigenvalue weighted by Gasteiger charge is 2.60. The molecule has 4 aromatic rings. The summed E-state index contributed by atoms with van der Waals surface area (Å²) in [5, 5.41) is 99.6. The predicted octanol–water partition coefficient (Wildman–Crippen LogP) is 2.92. The van der Waals surface area contributed by atoms with E-state index in [2.05, 4.69) is 0 Å². The molecule has 52 heavy (non-hydrogen) atoms. The fourth-order valence-corrected chi connectivity index (χ4v) is 6.28. The monoisotopic (exact) mass is 720 g/mol. The summed E-state index contributed by atoms with van der Waals surface area (Å²) in [7, 11) is 0. The van der Waals surface area contributed by atoms with Crippen LogP contribution >= 0.6 is 0 Å². The fraction of sp³-hybridized carbons (Fsp3) is 0.222. The Bertz CT molecular complexity index is 1900. The van der Waals surface area contributed by atoms with Gasteiger partial charge in [0.05, 0.1) is 11.8 Å². The number of carboxylic acids is 2. The number of carboxylic acid groups (broad SMARTS) is 2. The van der Waals surface area contributed by atoms with Crippen LogP contribution < -0.4 is 0 Å². The van der Waals surface area contributed by atoms with Gasteiger partial charge in [-0.2, -0.15) is 0 Å². The van der Waals surface area contributed by atoms with Crippen LogP contribution in [-0.4, -0.2) is 87.2 Å². The van der Waals surface area contributed by atoms with Gasteiger partial charge in [-0.3, -0.25) is 9.59 Å². The van der Waals surface area contributed by atoms with Crippen molar-refractivity contribution in [2.75, 3.05) is 0 Å². The van der Waals surface area contributed by atoms with Gasteiger partial charge in [0.2, 0.25) is 12.2 Å². The predicted molar refractivity (Wildman–Crippen MR) is 174 cm³/mol. The third-order valence-corrected chi connectivity index (χ3v) is 8.85. The fourth-order valence-electron chi connectivity index (χ4n) is 6.28. The van der Waals surface area contributed by atoms with E-state index in [1.807, 2.05) is 0 Å². The summed E-state index contributed by atoms with van der Waals surface area (Å²) in [5.41, 5.74) is 0.538. The van der Waals surface area contributed by atoms with Crippen LogP contribution in [0.3, 0.4) is 0 Å². The summed E-state index contributed by atoms with van der Waals surface area (Å²) in [4.78, 5) is 52.6. The van der Waals surface area contributed by atoms with Crippen LogP contribution in [0, 0.1) is 11.8 Å². The largest absolute Gasteiger partial charge is 0.504 e. The van der Waals surface area contributed by atoms with Crippen LogP contribution in [0.5, 0.6) is 46.0 Å². The maximum absolute atomic E-state index is 14.0. The Balaban J connectivity index is 1.56. The zero-order chi connectivity index (χ0) is 38.0. The van der Waals surface area contributed by atoms with Crippen molar-refractivity contribution in [1.82, 2.24) is 0 Å². The van der Waals surface area contributed by atoms with Crippen molar-refractivity contribution in [3.8, 4) is 46.0 Å². The number of esters is 2. The number of carbonyl (C=O) groups is 4. The van der Waals surface area contributed by atoms with Crippen LogP contribution in [0.25, 0.3) is 0 Å². The van der Waals surface area contributed by atoms with Crippen molar-refractivity contribution in [2.45, 2.75) is 36.9 Å². The van der Waals surface area contributed by atoms with Gasteiger partial charge < -0.3 is 60.5 Å². The van der Waals surface area contributed by atoms with Gasteiger partial charge in [-0.05, 0) is 70.8 Å². The number of rotatable bonds is 12. The van der Waals surface area contributed by atoms with Crippen LogP contribution in [0.15, 0.2) is 72.8 Å². The standard InChI is InChI=1S/C36H32O16/c37-19-5-1-15(9-23(19)41)11-27(33(45)46)51-35(49)31-29(17-3-7-21(39)25(43)13-17)30(18-4-8-22(40)26(44)14-18)32(31)36(50)52-28(34(47)48)12-16-2-6-20(38)24(42)10-16/h1-10,13-14,27-32,37-44H,11-12H2,(H,45,46)(H,47,48)/t27-,28+,29-,30-,31-,32-/m1/s1. The number of hydrogen-bond donors (Lipinski definition) is 10. The van der Waals surface area contributed by atoms with Crippen LogP contribution in [0.4, 0.5) is 0 Å². The summed E-state index contributed by atoms with van der Waals surface area (Å²) in [6.45, 7) is 0. The third-order valence-electron chi connectivity index (χ3n) is 8.85. The van der Waals surface area contributed by atoms with E-state index in [1.165, 1.54) is 24.3 Å². The zero-order valence-electron chi connectivity index (χ0n) is 26.7. The van der Waals surface area contributed by atoms with Gasteiger partial charge in [-0.1, -0.05) is 24.3 Å². The number of aromatic hydroxyl groups is 8. The molecule has 16 heteroatoms. The molecular formula is C36H32O16. The van der Waals surface area contributed by atoms with Gasteiger partial charge in [0, 0.05) is 24.7 Å². The molecule has 6 atom stereocenters. The topological polar surface area (TPSA) is 289 Å². The first-order chi connectivity index (χ1) is 24.5. The van der Waals surface area contributed by atoms with Gasteiger partial charge in [0.25, 0.3) is 0 Å². The second-order valence-corrected chi connectivity index (χ2v) is 12.2. The second kappa shape index (κ2) is 14.6. The number of phenolic OH excluding ortho intramolecular Hbond substituents is 8. The van der Waals surface area contributed by atoms with Crippen molar-refractivity contribution in [3.05, 3.63) is 95.1 Å². The number of ether oxygens (including phenoxy) is 2. The zero-order valence-corrected chi connectivity index (χ0v) is 26.7. The Hall–Kier alpha value is -6.84. The van der Waals surface area contributed by atoms with E-state index in [1.54, 1.807) is 0 Å². The molecule has 0 spiro atoms. The molecule has 1 aliphatic rings. The minimum atomic E-state index is -1.91. The molecular weight excluding hydrogens is 688 g/mol. The normalized spacial score (nSPS) is 19.1. The molecule has 1 aliphatic carbocycles. The summed E-state index contributed by atoms with van der Waals surface area (Å²) < 4.78 is 10.8. The lowest BCUT2D eigenvalue weighted by atomic mass is 9.52. The molecule has 0 unspecified atom stereocenters. The van der Waals surface area contributed by atoms with Crippen molar-refractivity contribution in [2.24, 2.45) is 11.8 Å². The quantitative estimate of drug-likeness (QED) is 0.0743. The van der Waals surface area contributed by atoms with E-state index in [9.17, 15) is 70.2 Å². The Kier molecular flexibility index (Phi) is 10.2. The average molecular weight is 721 g/mol. The molecule has 0 heterocycles. The molecule has 0 saturated heterocycles. The van der Waals surface area contributed by atoms with Crippen molar-refractivity contribution >= 4 is 23.9 Å². The number of aliphatic carboxylic acids is 2. The van der Waals surface area contributed by atoms with Crippen molar-refractivity contribution in [3.63, 3.8) is 0 Å². The minimum absolute atomic E-state index is 0.128. The summed E-state index contributed by atoms with van der Waals surface area (Å²) in [5.74, 6) is -15.9. The van der Waals surface area contributed by atoms with Gasteiger partial charge in [0.1, 0.15) is 0 Å². The summed E-state index contributed by atoms with van der Waals surface area (Å²) in [6, 6.07) is 13.8. The summed E-state index contributed by atoms with van der Waals surface area (Å²) >= 11 is 0. The van der Waals surface area contributed by atoms with E-state index in [4.69, 9.17) is 9.47 Å². The molecule has 0 amide bonds. The molecule has 1 fully saturated rings.